The Balaban J connectivity index is 2.23. The van der Waals surface area contributed by atoms with E-state index in [2.05, 4.69) is 0 Å². The molecule has 2 aromatic rings. The van der Waals surface area contributed by atoms with Gasteiger partial charge in [-0.15, -0.1) is 0 Å². The molecule has 2 aromatic carbocycles. The molecular weight excluding hydrogens is 310 g/mol. The zero-order valence-corrected chi connectivity index (χ0v) is 13.0. The molecule has 4 N–H and O–H groups in total. The number of likely N-dealkylation sites (N-methyl/N-ethyl adjacent to an activating group) is 1. The monoisotopic (exact) mass is 327 g/mol. The van der Waals surface area contributed by atoms with Gasteiger partial charge in [0.2, 0.25) is 5.91 Å². The maximum Gasteiger partial charge on any atom is 0.275 e. The van der Waals surface area contributed by atoms with Crippen LogP contribution in [0, 0.1) is 0 Å². The van der Waals surface area contributed by atoms with Crippen molar-refractivity contribution in [3.8, 4) is 11.1 Å². The lowest BCUT2D eigenvalue weighted by Crippen LogP contribution is -2.54. The lowest BCUT2D eigenvalue weighted by atomic mass is 10.0. The Morgan fingerprint density at radius 1 is 1.00 bits per heavy atom. The number of carbonyl (C=O) groups is 3. The van der Waals surface area contributed by atoms with Gasteiger partial charge in [-0.1, -0.05) is 42.5 Å². The lowest BCUT2D eigenvalue weighted by molar-refractivity contribution is -0.139. The second-order valence-corrected chi connectivity index (χ2v) is 5.14. The van der Waals surface area contributed by atoms with Crippen LogP contribution in [0.25, 0.3) is 11.1 Å². The second-order valence-electron chi connectivity index (χ2n) is 5.14. The number of benzene rings is 2. The fourth-order valence-electron chi connectivity index (χ4n) is 2.31. The summed E-state index contributed by atoms with van der Waals surface area (Å²) in [4.78, 5) is 36.2. The Morgan fingerprint density at radius 2 is 1.54 bits per heavy atom. The minimum Gasteiger partial charge on any atom is -0.367 e. The molecule has 0 saturated carbocycles. The molecule has 0 aliphatic heterocycles. The molecule has 0 fully saturated rings. The highest BCUT2D eigenvalue weighted by Gasteiger charge is 2.32. The average Bonchev–Trinajstić information content (AvgIpc) is 2.61. The number of nitrogens with two attached hydrogens (primary N) is 1. The molecule has 24 heavy (non-hydrogen) atoms. The number of primary amides is 1. The van der Waals surface area contributed by atoms with Gasteiger partial charge in [-0.2, -0.15) is 0 Å². The number of carbonyl (C=O) groups excluding carboxylic acids is 3. The minimum absolute atomic E-state index is 0.286. The molecule has 7 nitrogen and oxygen atoms in total. The summed E-state index contributed by atoms with van der Waals surface area (Å²) in [5, 5.41) is 8.67. The van der Waals surface area contributed by atoms with E-state index in [1.165, 1.54) is 12.5 Å². The van der Waals surface area contributed by atoms with Gasteiger partial charge < -0.3 is 10.6 Å². The van der Waals surface area contributed by atoms with Crippen molar-refractivity contribution < 1.29 is 19.6 Å². The summed E-state index contributed by atoms with van der Waals surface area (Å²) in [6, 6.07) is 14.7. The zero-order valence-electron chi connectivity index (χ0n) is 13.0. The van der Waals surface area contributed by atoms with Crippen molar-refractivity contribution in [1.82, 2.24) is 10.4 Å². The molecule has 2 rings (SSSR count). The van der Waals surface area contributed by atoms with Gasteiger partial charge in [0.25, 0.3) is 11.8 Å². The quantitative estimate of drug-likeness (QED) is 0.428. The number of amides is 3. The molecule has 3 amide bonds. The molecule has 7 heteroatoms. The van der Waals surface area contributed by atoms with Crippen LogP contribution in [0.2, 0.25) is 0 Å². The Labute approximate surface area is 138 Å². The third-order valence-corrected chi connectivity index (χ3v) is 3.57. The summed E-state index contributed by atoms with van der Waals surface area (Å²) >= 11 is 0. The van der Waals surface area contributed by atoms with Gasteiger partial charge in [0.1, 0.15) is 0 Å². The molecule has 1 unspecified atom stereocenters. The predicted octanol–water partition coefficient (Wildman–Crippen LogP) is 0.785. The number of hydrogen-bond donors (Lipinski definition) is 3. The van der Waals surface area contributed by atoms with Gasteiger partial charge in [0, 0.05) is 12.6 Å². The molecule has 0 heterocycles. The van der Waals surface area contributed by atoms with Crippen molar-refractivity contribution in [2.75, 3.05) is 7.05 Å². The summed E-state index contributed by atoms with van der Waals surface area (Å²) in [5.41, 5.74) is 8.67. The van der Waals surface area contributed by atoms with E-state index in [4.69, 9.17) is 10.9 Å². The summed E-state index contributed by atoms with van der Waals surface area (Å²) < 4.78 is 0. The van der Waals surface area contributed by atoms with E-state index in [-0.39, 0.29) is 5.56 Å². The molecule has 0 saturated heterocycles. The Bertz CT molecular complexity index is 744. The number of nitrogens with zero attached hydrogens (tertiary/aromatic N) is 1. The van der Waals surface area contributed by atoms with Crippen LogP contribution in [0.1, 0.15) is 10.4 Å². The first-order valence-corrected chi connectivity index (χ1v) is 7.11. The number of rotatable bonds is 5. The number of hydrogen-bond acceptors (Lipinski definition) is 4. The van der Waals surface area contributed by atoms with Gasteiger partial charge in [-0.3, -0.25) is 19.6 Å². The number of nitrogens with one attached hydrogen (secondary N) is 1. The first kappa shape index (κ1) is 17.2. The molecule has 0 aliphatic rings. The van der Waals surface area contributed by atoms with E-state index in [1.807, 2.05) is 30.3 Å². The van der Waals surface area contributed by atoms with Crippen LogP contribution in [0.3, 0.4) is 0 Å². The summed E-state index contributed by atoms with van der Waals surface area (Å²) in [5.74, 6) is -2.68. The van der Waals surface area contributed by atoms with E-state index in [1.54, 1.807) is 24.3 Å². The third-order valence-electron chi connectivity index (χ3n) is 3.57. The molecule has 1 atom stereocenters. The largest absolute Gasteiger partial charge is 0.367 e. The topological polar surface area (TPSA) is 113 Å². The molecule has 124 valence electrons. The smallest absolute Gasteiger partial charge is 0.275 e. The van der Waals surface area contributed by atoms with Crippen molar-refractivity contribution in [2.24, 2.45) is 5.73 Å². The summed E-state index contributed by atoms with van der Waals surface area (Å²) in [6.45, 7) is 0. The standard InChI is InChI=1S/C17H17N3O4/c1-20(14(15(18)21)16(22)19-24)17(23)13-9-7-12(8-10-13)11-5-3-2-4-6-11/h2-10,14,24H,1H3,(H2,18,21)(H,19,22). The van der Waals surface area contributed by atoms with Crippen molar-refractivity contribution >= 4 is 17.7 Å². The van der Waals surface area contributed by atoms with Crippen LogP contribution in [-0.4, -0.2) is 40.9 Å². The van der Waals surface area contributed by atoms with Gasteiger partial charge in [-0.25, -0.2) is 5.48 Å². The normalized spacial score (nSPS) is 11.4. The van der Waals surface area contributed by atoms with Crippen molar-refractivity contribution in [3.05, 3.63) is 60.2 Å². The SMILES string of the molecule is CN(C(=O)c1ccc(-c2ccccc2)cc1)C(C(N)=O)C(=O)NO. The fourth-order valence-corrected chi connectivity index (χ4v) is 2.31. The first-order valence-electron chi connectivity index (χ1n) is 7.11. The molecule has 0 spiro atoms. The Kier molecular flexibility index (Phi) is 5.28. The van der Waals surface area contributed by atoms with Crippen LogP contribution in [0.4, 0.5) is 0 Å². The molecule has 0 aromatic heterocycles. The highest BCUT2D eigenvalue weighted by molar-refractivity contribution is 6.08. The lowest BCUT2D eigenvalue weighted by Gasteiger charge is -2.23. The van der Waals surface area contributed by atoms with Crippen LogP contribution in [-0.2, 0) is 9.59 Å². The van der Waals surface area contributed by atoms with Crippen LogP contribution >= 0.6 is 0 Å². The summed E-state index contributed by atoms with van der Waals surface area (Å²) in [7, 11) is 1.26. The molecule has 0 radical (unpaired) electrons. The van der Waals surface area contributed by atoms with Crippen LogP contribution in [0.5, 0.6) is 0 Å². The van der Waals surface area contributed by atoms with Gasteiger partial charge in [-0.05, 0) is 23.3 Å². The summed E-state index contributed by atoms with van der Waals surface area (Å²) in [6.07, 6.45) is 0. The fraction of sp³-hybridized carbons (Fsp3) is 0.118. The van der Waals surface area contributed by atoms with E-state index in [9.17, 15) is 14.4 Å². The van der Waals surface area contributed by atoms with Crippen molar-refractivity contribution in [2.45, 2.75) is 6.04 Å². The van der Waals surface area contributed by atoms with Gasteiger partial charge >= 0.3 is 0 Å². The average molecular weight is 327 g/mol. The Morgan fingerprint density at radius 3 is 2.04 bits per heavy atom. The van der Waals surface area contributed by atoms with E-state index in [0.29, 0.717) is 0 Å². The second kappa shape index (κ2) is 7.38. The first-order chi connectivity index (χ1) is 11.5. The van der Waals surface area contributed by atoms with Gasteiger partial charge in [0.15, 0.2) is 6.04 Å². The van der Waals surface area contributed by atoms with E-state index >= 15 is 0 Å². The molecule has 0 bridgehead atoms. The highest BCUT2D eigenvalue weighted by Crippen LogP contribution is 2.20. The van der Waals surface area contributed by atoms with Crippen LogP contribution < -0.4 is 11.2 Å². The maximum atomic E-state index is 12.4. The van der Waals surface area contributed by atoms with E-state index in [0.717, 1.165) is 16.0 Å². The van der Waals surface area contributed by atoms with Crippen molar-refractivity contribution in [3.63, 3.8) is 0 Å². The van der Waals surface area contributed by atoms with Gasteiger partial charge in [0.05, 0.1) is 0 Å². The van der Waals surface area contributed by atoms with Crippen molar-refractivity contribution in [1.29, 1.82) is 0 Å². The predicted molar refractivity (Wildman–Crippen MR) is 86.9 cm³/mol. The maximum absolute atomic E-state index is 12.4. The number of hydroxylamine groups is 1. The van der Waals surface area contributed by atoms with Crippen LogP contribution in [0.15, 0.2) is 54.6 Å². The zero-order chi connectivity index (χ0) is 17.7. The van der Waals surface area contributed by atoms with E-state index < -0.39 is 23.8 Å². The third kappa shape index (κ3) is 3.58. The molecule has 0 aliphatic carbocycles. The Hall–Kier alpha value is -3.19. The highest BCUT2D eigenvalue weighted by atomic mass is 16.5. The molecular formula is C17H17N3O4. The minimum atomic E-state index is -1.60.